The molecule has 1 aromatic carbocycles. The van der Waals surface area contributed by atoms with Gasteiger partial charge in [0.15, 0.2) is 0 Å². The molecule has 2 atom stereocenters. The molecule has 1 fully saturated rings. The molecule has 1 saturated heterocycles. The molecule has 0 spiro atoms. The summed E-state index contributed by atoms with van der Waals surface area (Å²) in [5.41, 5.74) is 8.29. The van der Waals surface area contributed by atoms with Crippen LogP contribution in [0.1, 0.15) is 30.9 Å². The lowest BCUT2D eigenvalue weighted by Crippen LogP contribution is -2.45. The lowest BCUT2D eigenvalue weighted by atomic mass is 9.92. The molecule has 0 aliphatic carbocycles. The van der Waals surface area contributed by atoms with Crippen molar-refractivity contribution in [1.29, 1.82) is 0 Å². The van der Waals surface area contributed by atoms with Crippen LogP contribution >= 0.6 is 0 Å². The van der Waals surface area contributed by atoms with Gasteiger partial charge in [-0.05, 0) is 43.7 Å². The molecule has 0 bridgehead atoms. The summed E-state index contributed by atoms with van der Waals surface area (Å²) in [4.78, 5) is 14.4. The summed E-state index contributed by atoms with van der Waals surface area (Å²) in [7, 11) is 0. The van der Waals surface area contributed by atoms with Crippen molar-refractivity contribution < 1.29 is 4.79 Å². The molecule has 2 rings (SSSR count). The summed E-state index contributed by atoms with van der Waals surface area (Å²) in [5.74, 6) is 0.689. The first kappa shape index (κ1) is 14.1. The molecule has 1 heterocycles. The second kappa shape index (κ2) is 6.20. The van der Waals surface area contributed by atoms with Gasteiger partial charge in [0.2, 0.25) is 5.91 Å². The molecule has 2 N–H and O–H groups in total. The van der Waals surface area contributed by atoms with E-state index in [4.69, 9.17) is 5.73 Å². The van der Waals surface area contributed by atoms with E-state index in [9.17, 15) is 4.79 Å². The maximum Gasteiger partial charge on any atom is 0.227 e. The lowest BCUT2D eigenvalue weighted by molar-refractivity contribution is -0.132. The van der Waals surface area contributed by atoms with Crippen LogP contribution in [0.2, 0.25) is 0 Å². The van der Waals surface area contributed by atoms with Gasteiger partial charge in [0.25, 0.3) is 0 Å². The summed E-state index contributed by atoms with van der Waals surface area (Å²) in [6.45, 7) is 5.81. The molecule has 0 saturated carbocycles. The zero-order valence-electron chi connectivity index (χ0n) is 11.9. The zero-order chi connectivity index (χ0) is 13.8. The Labute approximate surface area is 115 Å². The Morgan fingerprint density at radius 1 is 1.47 bits per heavy atom. The highest BCUT2D eigenvalue weighted by Crippen LogP contribution is 2.20. The lowest BCUT2D eigenvalue weighted by Gasteiger charge is -2.34. The van der Waals surface area contributed by atoms with Crippen LogP contribution in [0, 0.1) is 12.8 Å². The highest BCUT2D eigenvalue weighted by atomic mass is 16.2. The predicted octanol–water partition coefficient (Wildman–Crippen LogP) is 2.12. The van der Waals surface area contributed by atoms with E-state index in [0.717, 1.165) is 31.5 Å². The number of hydrogen-bond donors (Lipinski definition) is 1. The number of aryl methyl sites for hydroxylation is 1. The number of likely N-dealkylation sites (tertiary alicyclic amines) is 1. The molecule has 0 unspecified atom stereocenters. The number of nitrogens with two attached hydrogens (primary N) is 1. The number of rotatable bonds is 3. The SMILES string of the molecule is Cc1ccccc1CC(=O)N1CCC[C@H]([C@H](C)N)C1. The number of hydrogen-bond acceptors (Lipinski definition) is 2. The molecule has 1 amide bonds. The highest BCUT2D eigenvalue weighted by molar-refractivity contribution is 5.79. The Morgan fingerprint density at radius 3 is 2.89 bits per heavy atom. The number of carbonyl (C=O) groups is 1. The molecule has 3 heteroatoms. The molecular formula is C16H24N2O. The fraction of sp³-hybridized carbons (Fsp3) is 0.562. The second-order valence-electron chi connectivity index (χ2n) is 5.70. The van der Waals surface area contributed by atoms with Gasteiger partial charge >= 0.3 is 0 Å². The molecule has 0 radical (unpaired) electrons. The summed E-state index contributed by atoms with van der Waals surface area (Å²) in [5, 5.41) is 0. The second-order valence-corrected chi connectivity index (χ2v) is 5.70. The van der Waals surface area contributed by atoms with E-state index in [1.54, 1.807) is 0 Å². The van der Waals surface area contributed by atoms with Crippen LogP contribution in [-0.4, -0.2) is 29.9 Å². The number of carbonyl (C=O) groups excluding carboxylic acids is 1. The quantitative estimate of drug-likeness (QED) is 0.905. The van der Waals surface area contributed by atoms with E-state index >= 15 is 0 Å². The average Bonchev–Trinajstić information content (AvgIpc) is 2.41. The number of piperidine rings is 1. The third-order valence-corrected chi connectivity index (χ3v) is 4.16. The average molecular weight is 260 g/mol. The molecule has 104 valence electrons. The van der Waals surface area contributed by atoms with E-state index < -0.39 is 0 Å². The van der Waals surface area contributed by atoms with Crippen LogP contribution in [0.4, 0.5) is 0 Å². The van der Waals surface area contributed by atoms with Crippen LogP contribution in [0.15, 0.2) is 24.3 Å². The van der Waals surface area contributed by atoms with E-state index in [0.29, 0.717) is 12.3 Å². The van der Waals surface area contributed by atoms with Gasteiger partial charge in [0, 0.05) is 19.1 Å². The maximum absolute atomic E-state index is 12.4. The van der Waals surface area contributed by atoms with Gasteiger partial charge in [0.1, 0.15) is 0 Å². The molecule has 0 aromatic heterocycles. The van der Waals surface area contributed by atoms with E-state index in [1.807, 2.05) is 30.0 Å². The molecule has 3 nitrogen and oxygen atoms in total. The summed E-state index contributed by atoms with van der Waals surface area (Å²) in [6.07, 6.45) is 2.73. The van der Waals surface area contributed by atoms with Crippen molar-refractivity contribution in [2.45, 2.75) is 39.2 Å². The van der Waals surface area contributed by atoms with Crippen LogP contribution in [0.25, 0.3) is 0 Å². The number of nitrogens with zero attached hydrogens (tertiary/aromatic N) is 1. The molecule has 19 heavy (non-hydrogen) atoms. The van der Waals surface area contributed by atoms with E-state index in [2.05, 4.69) is 13.0 Å². The molecule has 1 aromatic rings. The minimum Gasteiger partial charge on any atom is -0.342 e. The third kappa shape index (κ3) is 3.57. The minimum atomic E-state index is 0.175. The smallest absolute Gasteiger partial charge is 0.227 e. The van der Waals surface area contributed by atoms with E-state index in [1.165, 1.54) is 5.56 Å². The van der Waals surface area contributed by atoms with Crippen molar-refractivity contribution >= 4 is 5.91 Å². The van der Waals surface area contributed by atoms with Gasteiger partial charge in [-0.1, -0.05) is 24.3 Å². The van der Waals surface area contributed by atoms with Crippen LogP contribution in [0.3, 0.4) is 0 Å². The molecular weight excluding hydrogens is 236 g/mol. The first-order chi connectivity index (χ1) is 9.08. The van der Waals surface area contributed by atoms with Crippen LogP contribution in [0.5, 0.6) is 0 Å². The molecule has 1 aliphatic heterocycles. The largest absolute Gasteiger partial charge is 0.342 e. The van der Waals surface area contributed by atoms with Gasteiger partial charge in [0.05, 0.1) is 6.42 Å². The van der Waals surface area contributed by atoms with Crippen molar-refractivity contribution in [2.75, 3.05) is 13.1 Å². The summed E-state index contributed by atoms with van der Waals surface area (Å²) in [6, 6.07) is 8.28. The minimum absolute atomic E-state index is 0.175. The first-order valence-electron chi connectivity index (χ1n) is 7.16. The Kier molecular flexibility index (Phi) is 4.59. The Balaban J connectivity index is 1.98. The standard InChI is InChI=1S/C16H24N2O/c1-12-6-3-4-7-14(12)10-16(19)18-9-5-8-15(11-18)13(2)17/h3-4,6-7,13,15H,5,8-11,17H2,1-2H3/t13-,15-/m0/s1. The summed E-state index contributed by atoms with van der Waals surface area (Å²) >= 11 is 0. The number of amides is 1. The van der Waals surface area contributed by atoms with Crippen molar-refractivity contribution in [3.8, 4) is 0 Å². The third-order valence-electron chi connectivity index (χ3n) is 4.16. The van der Waals surface area contributed by atoms with Crippen LogP contribution in [-0.2, 0) is 11.2 Å². The fourth-order valence-corrected chi connectivity index (χ4v) is 2.75. The Hall–Kier alpha value is -1.35. The highest BCUT2D eigenvalue weighted by Gasteiger charge is 2.25. The Morgan fingerprint density at radius 2 is 2.21 bits per heavy atom. The first-order valence-corrected chi connectivity index (χ1v) is 7.16. The normalized spacial score (nSPS) is 21.2. The monoisotopic (exact) mass is 260 g/mol. The number of benzene rings is 1. The fourth-order valence-electron chi connectivity index (χ4n) is 2.75. The van der Waals surface area contributed by atoms with E-state index in [-0.39, 0.29) is 11.9 Å². The topological polar surface area (TPSA) is 46.3 Å². The van der Waals surface area contributed by atoms with Gasteiger partial charge in [-0.2, -0.15) is 0 Å². The van der Waals surface area contributed by atoms with Crippen molar-refractivity contribution in [3.63, 3.8) is 0 Å². The van der Waals surface area contributed by atoms with Gasteiger partial charge in [-0.15, -0.1) is 0 Å². The summed E-state index contributed by atoms with van der Waals surface area (Å²) < 4.78 is 0. The van der Waals surface area contributed by atoms with Crippen molar-refractivity contribution in [3.05, 3.63) is 35.4 Å². The van der Waals surface area contributed by atoms with Crippen molar-refractivity contribution in [2.24, 2.45) is 11.7 Å². The van der Waals surface area contributed by atoms with Gasteiger partial charge < -0.3 is 10.6 Å². The predicted molar refractivity (Wildman–Crippen MR) is 77.8 cm³/mol. The van der Waals surface area contributed by atoms with Crippen molar-refractivity contribution in [1.82, 2.24) is 4.90 Å². The van der Waals surface area contributed by atoms with Crippen LogP contribution < -0.4 is 5.73 Å². The zero-order valence-corrected chi connectivity index (χ0v) is 11.9. The Bertz CT molecular complexity index is 442. The molecule has 1 aliphatic rings. The van der Waals surface area contributed by atoms with Gasteiger partial charge in [-0.25, -0.2) is 0 Å². The maximum atomic E-state index is 12.4. The van der Waals surface area contributed by atoms with Gasteiger partial charge in [-0.3, -0.25) is 4.79 Å².